The first-order valence-corrected chi connectivity index (χ1v) is 12.3. The van der Waals surface area contributed by atoms with Crippen LogP contribution in [0, 0.1) is 18.3 Å². The number of hydrogen-bond acceptors (Lipinski definition) is 5. The van der Waals surface area contributed by atoms with Crippen molar-refractivity contribution in [3.63, 3.8) is 0 Å². The van der Waals surface area contributed by atoms with Gasteiger partial charge in [0.2, 0.25) is 0 Å². The van der Waals surface area contributed by atoms with Gasteiger partial charge in [-0.05, 0) is 44.9 Å². The number of carbonyl (C=O) groups excluding carboxylic acids is 1. The van der Waals surface area contributed by atoms with Crippen LogP contribution in [-0.4, -0.2) is 32.6 Å². The van der Waals surface area contributed by atoms with Crippen LogP contribution in [0.1, 0.15) is 37.8 Å². The first kappa shape index (κ1) is 27.0. The van der Waals surface area contributed by atoms with Crippen molar-refractivity contribution in [1.29, 1.82) is 5.26 Å². The summed E-state index contributed by atoms with van der Waals surface area (Å²) in [7, 11) is 0. The normalized spacial score (nSPS) is 12.7. The highest BCUT2D eigenvalue weighted by molar-refractivity contribution is 9.11. The fraction of sp³-hybridized carbons (Fsp3) is 0.296. The zero-order valence-corrected chi connectivity index (χ0v) is 22.2. The minimum atomic E-state index is -0.443. The summed E-state index contributed by atoms with van der Waals surface area (Å²) in [6.45, 7) is 10.2. The molecular formula is C27H28BrN5O3. The summed E-state index contributed by atoms with van der Waals surface area (Å²) in [5, 5.41) is 10.2. The summed E-state index contributed by atoms with van der Waals surface area (Å²) in [5.41, 5.74) is 1.70. The molecule has 186 valence electrons. The van der Waals surface area contributed by atoms with E-state index in [1.54, 1.807) is 41.1 Å². The molecule has 0 unspecified atom stereocenters. The molecule has 0 saturated carbocycles. The number of hydrogen-bond donors (Lipinski definition) is 0. The molecule has 3 heterocycles. The SMILES string of the molecule is C=C/C=C\C=C(\Br)CC(=O)N=c1c(C#N)cc2c(=O)n3cccc(C)c3nc2n1CCCOC(C)C. The van der Waals surface area contributed by atoms with Gasteiger partial charge in [0.25, 0.3) is 11.5 Å². The first-order valence-electron chi connectivity index (χ1n) is 11.5. The topological polar surface area (TPSA) is 102 Å². The number of carbonyl (C=O) groups is 1. The van der Waals surface area contributed by atoms with E-state index in [2.05, 4.69) is 33.6 Å². The van der Waals surface area contributed by atoms with Gasteiger partial charge in [0.15, 0.2) is 5.49 Å². The molecule has 36 heavy (non-hydrogen) atoms. The molecule has 9 heteroatoms. The van der Waals surface area contributed by atoms with Crippen LogP contribution in [-0.2, 0) is 16.1 Å². The number of ether oxygens (including phenoxy) is 1. The largest absolute Gasteiger partial charge is 0.379 e. The number of nitrogens with zero attached hydrogens (tertiary/aromatic N) is 5. The second kappa shape index (κ2) is 12.4. The lowest BCUT2D eigenvalue weighted by atomic mass is 10.2. The molecule has 0 aliphatic carbocycles. The number of allylic oxidation sites excluding steroid dienone is 4. The summed E-state index contributed by atoms with van der Waals surface area (Å²) in [5.74, 6) is -0.443. The van der Waals surface area contributed by atoms with Crippen LogP contribution in [0.2, 0.25) is 0 Å². The van der Waals surface area contributed by atoms with Gasteiger partial charge in [-0.2, -0.15) is 10.3 Å². The van der Waals surface area contributed by atoms with Gasteiger partial charge in [0, 0.05) is 23.8 Å². The van der Waals surface area contributed by atoms with E-state index in [4.69, 9.17) is 9.72 Å². The van der Waals surface area contributed by atoms with E-state index >= 15 is 0 Å². The molecular weight excluding hydrogens is 522 g/mol. The minimum absolute atomic E-state index is 0.00770. The minimum Gasteiger partial charge on any atom is -0.379 e. The second-order valence-electron chi connectivity index (χ2n) is 8.37. The van der Waals surface area contributed by atoms with Gasteiger partial charge in [0.1, 0.15) is 17.4 Å². The van der Waals surface area contributed by atoms with Crippen LogP contribution in [0.25, 0.3) is 16.7 Å². The van der Waals surface area contributed by atoms with E-state index in [9.17, 15) is 14.9 Å². The van der Waals surface area contributed by atoms with Crippen molar-refractivity contribution in [2.24, 2.45) is 4.99 Å². The van der Waals surface area contributed by atoms with Crippen molar-refractivity contribution >= 4 is 38.5 Å². The third kappa shape index (κ3) is 6.33. The maximum Gasteiger partial charge on any atom is 0.267 e. The Morgan fingerprint density at radius 3 is 2.83 bits per heavy atom. The fourth-order valence-electron chi connectivity index (χ4n) is 3.64. The number of rotatable bonds is 9. The molecule has 0 spiro atoms. The molecule has 3 aromatic heterocycles. The number of amides is 1. The molecule has 3 rings (SSSR count). The van der Waals surface area contributed by atoms with Crippen LogP contribution >= 0.6 is 15.9 Å². The van der Waals surface area contributed by atoms with Gasteiger partial charge >= 0.3 is 0 Å². The van der Waals surface area contributed by atoms with Crippen LogP contribution in [0.3, 0.4) is 0 Å². The molecule has 0 bridgehead atoms. The molecule has 0 radical (unpaired) electrons. The fourth-order valence-corrected chi connectivity index (χ4v) is 4.04. The predicted molar refractivity (Wildman–Crippen MR) is 144 cm³/mol. The lowest BCUT2D eigenvalue weighted by Gasteiger charge is -2.15. The van der Waals surface area contributed by atoms with Crippen molar-refractivity contribution in [2.45, 2.75) is 46.3 Å². The molecule has 3 aromatic rings. The monoisotopic (exact) mass is 549 g/mol. The van der Waals surface area contributed by atoms with Crippen LogP contribution in [0.4, 0.5) is 0 Å². The first-order chi connectivity index (χ1) is 17.3. The summed E-state index contributed by atoms with van der Waals surface area (Å²) in [6, 6.07) is 7.21. The Bertz CT molecular complexity index is 1540. The Kier molecular flexibility index (Phi) is 9.28. The lowest BCUT2D eigenvalue weighted by molar-refractivity contribution is -0.117. The van der Waals surface area contributed by atoms with Gasteiger partial charge in [0.05, 0.1) is 23.5 Å². The van der Waals surface area contributed by atoms with Gasteiger partial charge < -0.3 is 9.30 Å². The van der Waals surface area contributed by atoms with E-state index < -0.39 is 5.91 Å². The summed E-state index contributed by atoms with van der Waals surface area (Å²) < 4.78 is 9.45. The summed E-state index contributed by atoms with van der Waals surface area (Å²) in [4.78, 5) is 35.2. The van der Waals surface area contributed by atoms with Gasteiger partial charge in [-0.25, -0.2) is 4.98 Å². The van der Waals surface area contributed by atoms with E-state index in [0.717, 1.165) is 5.56 Å². The highest BCUT2D eigenvalue weighted by Crippen LogP contribution is 2.14. The highest BCUT2D eigenvalue weighted by atomic mass is 79.9. The zero-order valence-electron chi connectivity index (χ0n) is 20.6. The average molecular weight is 550 g/mol. The number of nitriles is 1. The maximum atomic E-state index is 13.3. The zero-order chi connectivity index (χ0) is 26.2. The average Bonchev–Trinajstić information content (AvgIpc) is 2.83. The van der Waals surface area contributed by atoms with Crippen molar-refractivity contribution < 1.29 is 9.53 Å². The van der Waals surface area contributed by atoms with Gasteiger partial charge in [-0.1, -0.05) is 52.9 Å². The molecule has 0 fully saturated rings. The number of halogens is 1. The number of aromatic nitrogens is 3. The quantitative estimate of drug-likeness (QED) is 0.222. The Hall–Kier alpha value is -3.61. The molecule has 0 N–H and O–H groups in total. The van der Waals surface area contributed by atoms with Crippen LogP contribution < -0.4 is 11.0 Å². The van der Waals surface area contributed by atoms with E-state index in [0.29, 0.717) is 35.3 Å². The molecule has 0 aromatic carbocycles. The van der Waals surface area contributed by atoms with Crippen LogP contribution in [0.15, 0.2) is 69.5 Å². The lowest BCUT2D eigenvalue weighted by Crippen LogP contribution is -2.30. The number of aryl methyl sites for hydroxylation is 2. The molecule has 1 amide bonds. The summed E-state index contributed by atoms with van der Waals surface area (Å²) in [6.07, 6.45) is 9.15. The Balaban J connectivity index is 2.24. The van der Waals surface area contributed by atoms with Crippen LogP contribution in [0.5, 0.6) is 0 Å². The van der Waals surface area contributed by atoms with Gasteiger partial charge in [-0.15, -0.1) is 0 Å². The Morgan fingerprint density at radius 1 is 1.36 bits per heavy atom. The highest BCUT2D eigenvalue weighted by Gasteiger charge is 2.16. The van der Waals surface area contributed by atoms with E-state index in [-0.39, 0.29) is 34.5 Å². The smallest absolute Gasteiger partial charge is 0.267 e. The van der Waals surface area contributed by atoms with Gasteiger partial charge in [-0.3, -0.25) is 14.0 Å². The summed E-state index contributed by atoms with van der Waals surface area (Å²) >= 11 is 3.38. The second-order valence-corrected chi connectivity index (χ2v) is 9.39. The third-order valence-corrected chi connectivity index (χ3v) is 5.82. The van der Waals surface area contributed by atoms with Crippen molar-refractivity contribution in [2.75, 3.05) is 6.61 Å². The van der Waals surface area contributed by atoms with Crippen molar-refractivity contribution in [3.05, 3.63) is 86.7 Å². The third-order valence-electron chi connectivity index (χ3n) is 5.28. The Labute approximate surface area is 217 Å². The van der Waals surface area contributed by atoms with Crippen molar-refractivity contribution in [1.82, 2.24) is 14.0 Å². The molecule has 8 nitrogen and oxygen atoms in total. The maximum absolute atomic E-state index is 13.3. The molecule has 0 aliphatic heterocycles. The Morgan fingerprint density at radius 2 is 2.14 bits per heavy atom. The predicted octanol–water partition coefficient (Wildman–Crippen LogP) is 4.48. The standard InChI is InChI=1S/C27H28BrN5O3/c1-5-6-7-11-21(28)16-23(34)30-25-20(17-29)15-22-26(32(25)13-9-14-36-18(2)3)31-24-19(4)10-8-12-33(24)27(22)35/h5-8,10-12,15,18H,1,9,13-14,16H2,2-4H3/b7-6-,21-11+,30-25?. The number of fused-ring (bicyclic) bond motifs is 2. The van der Waals surface area contributed by atoms with E-state index in [1.807, 2.05) is 26.8 Å². The molecule has 0 aliphatic rings. The molecule has 0 saturated heterocycles. The van der Waals surface area contributed by atoms with E-state index in [1.165, 1.54) is 10.5 Å². The van der Waals surface area contributed by atoms with Crippen molar-refractivity contribution in [3.8, 4) is 6.07 Å². The number of pyridine rings is 2. The molecule has 0 atom stereocenters.